The summed E-state index contributed by atoms with van der Waals surface area (Å²) in [5.74, 6) is 4.13. The summed E-state index contributed by atoms with van der Waals surface area (Å²) >= 11 is 15.0. The van der Waals surface area contributed by atoms with Crippen LogP contribution in [0.1, 0.15) is 80.1 Å². The van der Waals surface area contributed by atoms with E-state index in [2.05, 4.69) is 73.6 Å². The van der Waals surface area contributed by atoms with E-state index in [0.717, 1.165) is 50.0 Å². The summed E-state index contributed by atoms with van der Waals surface area (Å²) in [5.41, 5.74) is 0. The van der Waals surface area contributed by atoms with Gasteiger partial charge in [0.25, 0.3) is 0 Å². The number of hydrogen-bond acceptors (Lipinski definition) is 8. The molecular weight excluding hydrogens is 703 g/mol. The molecule has 2 aromatic carbocycles. The van der Waals surface area contributed by atoms with Gasteiger partial charge in [-0.2, -0.15) is 36.4 Å². The number of rotatable bonds is 16. The Balaban J connectivity index is 0.000000681. The zero-order valence-corrected chi connectivity index (χ0v) is 33.4. The molecule has 4 aromatic rings. The van der Waals surface area contributed by atoms with Crippen LogP contribution in [-0.2, 0) is 21.7 Å². The van der Waals surface area contributed by atoms with E-state index in [1.54, 1.807) is 23.5 Å². The van der Waals surface area contributed by atoms with Gasteiger partial charge < -0.3 is 21.6 Å². The first-order valence-corrected chi connectivity index (χ1v) is 18.7. The molecule has 2 heterocycles. The molecule has 0 amide bonds. The first kappa shape index (κ1) is 45.5. The van der Waals surface area contributed by atoms with Gasteiger partial charge in [-0.25, -0.2) is 44.2 Å². The number of hydrogen-bond donors (Lipinski definition) is 0. The molecule has 2 aromatic heterocycles. The second-order valence-electron chi connectivity index (χ2n) is 10.8. The van der Waals surface area contributed by atoms with Crippen molar-refractivity contribution in [3.63, 3.8) is 0 Å². The fraction of sp³-hybridized carbons (Fsp3) is 0.500. The summed E-state index contributed by atoms with van der Waals surface area (Å²) in [6, 6.07) is 25.6. The molecule has 0 fully saturated rings. The molecule has 47 heavy (non-hydrogen) atoms. The van der Waals surface area contributed by atoms with Crippen LogP contribution in [0.5, 0.6) is 11.8 Å². The zero-order chi connectivity index (χ0) is 33.8. The minimum Gasteiger partial charge on any atom is -0.512 e. The van der Waals surface area contributed by atoms with E-state index < -0.39 is 0 Å². The van der Waals surface area contributed by atoms with Crippen LogP contribution in [0, 0.1) is 24.0 Å². The van der Waals surface area contributed by atoms with Crippen molar-refractivity contribution in [2.75, 3.05) is 24.7 Å². The third kappa shape index (κ3) is 27.0. The molecule has 0 unspecified atom stereocenters. The first-order valence-electron chi connectivity index (χ1n) is 16.0. The molecule has 0 aliphatic carbocycles. The molecule has 0 spiro atoms. The minimum atomic E-state index is 0. The van der Waals surface area contributed by atoms with Crippen LogP contribution in [-0.4, -0.2) is 44.7 Å². The van der Waals surface area contributed by atoms with Gasteiger partial charge in [0.15, 0.2) is 10.3 Å². The summed E-state index contributed by atoms with van der Waals surface area (Å²) in [6.07, 6.45) is 6.61. The van der Waals surface area contributed by atoms with Crippen molar-refractivity contribution in [2.24, 2.45) is 11.8 Å². The van der Waals surface area contributed by atoms with E-state index >= 15 is 0 Å². The fourth-order valence-electron chi connectivity index (χ4n) is 2.99. The van der Waals surface area contributed by atoms with Crippen LogP contribution in [0.3, 0.4) is 0 Å². The van der Waals surface area contributed by atoms with Crippen molar-refractivity contribution in [1.29, 1.82) is 0 Å². The van der Waals surface area contributed by atoms with Gasteiger partial charge in [-0.1, -0.05) is 77.9 Å². The molecule has 0 atom stereocenters. The smallest absolute Gasteiger partial charge is 0.512 e. The van der Waals surface area contributed by atoms with E-state index in [1.165, 1.54) is 0 Å². The second-order valence-corrected chi connectivity index (χ2v) is 13.7. The monoisotopic (exact) mass is 752 g/mol. The van der Waals surface area contributed by atoms with Crippen molar-refractivity contribution >= 4 is 46.7 Å². The maximum Gasteiger partial charge on any atom is 4.00 e. The topological polar surface area (TPSA) is 70.0 Å². The minimum absolute atomic E-state index is 0. The Kier molecular flexibility index (Phi) is 29.5. The van der Waals surface area contributed by atoms with E-state index in [9.17, 15) is 0 Å². The fourth-order valence-corrected chi connectivity index (χ4v) is 5.25. The summed E-state index contributed by atoms with van der Waals surface area (Å²) < 4.78 is 11.1. The number of nitrogens with zero attached hydrogens (tertiary/aromatic N) is 4. The summed E-state index contributed by atoms with van der Waals surface area (Å²) in [7, 11) is 0. The molecule has 6 nitrogen and oxygen atoms in total. The Morgan fingerprint density at radius 2 is 1.02 bits per heavy atom. The normalized spacial score (nSPS) is 10.1. The Labute approximate surface area is 317 Å². The molecule has 4 rings (SSSR count). The molecule has 0 aliphatic heterocycles. The molecular formula is C36H50Cl2N4O2S2Ti. The summed E-state index contributed by atoms with van der Waals surface area (Å²) in [6.45, 7) is 14.2. The largest absolute Gasteiger partial charge is 4.00 e. The van der Waals surface area contributed by atoms with Gasteiger partial charge in [0.1, 0.15) is 0 Å². The predicted molar refractivity (Wildman–Crippen MR) is 197 cm³/mol. The van der Waals surface area contributed by atoms with Crippen molar-refractivity contribution in [3.8, 4) is 11.8 Å². The van der Waals surface area contributed by atoms with Gasteiger partial charge in [-0.3, -0.25) is 0 Å². The van der Waals surface area contributed by atoms with E-state index in [1.807, 2.05) is 60.7 Å². The number of thioether (sulfide) groups is 2. The van der Waals surface area contributed by atoms with Gasteiger partial charge in [-0.05, 0) is 47.8 Å². The molecule has 0 saturated carbocycles. The van der Waals surface area contributed by atoms with E-state index in [4.69, 9.17) is 32.7 Å². The third-order valence-electron chi connectivity index (χ3n) is 5.64. The summed E-state index contributed by atoms with van der Waals surface area (Å²) in [4.78, 5) is 16.8. The Morgan fingerprint density at radius 3 is 1.30 bits per heavy atom. The van der Waals surface area contributed by atoms with E-state index in [0.29, 0.717) is 57.4 Å². The number of halogens is 2. The number of unbranched alkanes of at least 4 members (excludes halogenated alkanes) is 2. The predicted octanol–water partition coefficient (Wildman–Crippen LogP) is 11.3. The van der Waals surface area contributed by atoms with Gasteiger partial charge >= 0.3 is 21.7 Å². The van der Waals surface area contributed by atoms with Crippen molar-refractivity contribution in [1.82, 2.24) is 19.9 Å². The van der Waals surface area contributed by atoms with Gasteiger partial charge in [0.2, 0.25) is 0 Å². The average molecular weight is 754 g/mol. The molecule has 0 saturated heterocycles. The number of aromatic nitrogens is 4. The molecule has 0 N–H and O–H groups in total. The second kappa shape index (κ2) is 30.5. The van der Waals surface area contributed by atoms with Crippen molar-refractivity contribution in [3.05, 3.63) is 83.1 Å². The van der Waals surface area contributed by atoms with Crippen molar-refractivity contribution < 1.29 is 31.2 Å². The Morgan fingerprint density at radius 1 is 0.660 bits per heavy atom. The van der Waals surface area contributed by atoms with E-state index in [-0.39, 0.29) is 21.7 Å². The third-order valence-corrected chi connectivity index (χ3v) is 7.86. The molecule has 0 radical (unpaired) electrons. The average Bonchev–Trinajstić information content (AvgIpc) is 3.78. The first-order chi connectivity index (χ1) is 22.2. The van der Waals surface area contributed by atoms with Crippen LogP contribution in [0.25, 0.3) is 0 Å². The van der Waals surface area contributed by atoms with Crippen LogP contribution < -0.4 is 9.47 Å². The van der Waals surface area contributed by atoms with Crippen LogP contribution in [0.4, 0.5) is 0 Å². The van der Waals surface area contributed by atoms with Gasteiger partial charge in [0, 0.05) is 23.3 Å². The summed E-state index contributed by atoms with van der Waals surface area (Å²) in [5, 5.41) is 1.99. The Hall–Kier alpha value is -1.55. The van der Waals surface area contributed by atoms with Gasteiger partial charge in [-0.15, -0.1) is 23.2 Å². The van der Waals surface area contributed by atoms with Gasteiger partial charge in [0.05, 0.1) is 13.2 Å². The molecule has 0 bridgehead atoms. The number of ether oxygens (including phenoxy) is 2. The van der Waals surface area contributed by atoms with Crippen LogP contribution in [0.2, 0.25) is 10.3 Å². The zero-order valence-electron chi connectivity index (χ0n) is 28.7. The molecule has 0 aliphatic rings. The SMILES string of the molecule is CCCCSc1nc(Cl)[c-]c(OCCC(C)C)n1.CCCCSc1nc(Cl)[c-]c(OCCC(C)C)n1.[Ti+4].c1cc[cH-]c1.c1cc[cH-]c1. The van der Waals surface area contributed by atoms with Crippen LogP contribution in [0.15, 0.2) is 71.0 Å². The molecule has 256 valence electrons. The molecule has 11 heteroatoms. The Bertz CT molecular complexity index is 1100. The quantitative estimate of drug-likeness (QED) is 0.0280. The van der Waals surface area contributed by atoms with Crippen LogP contribution >= 0.6 is 46.7 Å². The standard InChI is InChI=1S/2C13H20ClN2OS.2C5H5.Ti/c2*1-4-5-8-18-13-15-11(14)9-12(16-13)17-7-6-10(2)3;2*1-2-4-5-3-1;/h2*10H,4-8H2,1-3H3;2*1-5H;/q4*-1;+4. The van der Waals surface area contributed by atoms with Crippen molar-refractivity contribution in [2.45, 2.75) is 90.4 Å². The maximum atomic E-state index is 5.90. The maximum absolute atomic E-state index is 5.90.